The maximum absolute atomic E-state index is 11.2. The standard InChI is InChI=1S/C14H17ClO2S/c1-9-3-2-4-11(7-9)18-13-6-5-10(15)8-12(13)14(16)17/h5-6,8-9,11H,2-4,7H2,1H3,(H,16,17). The van der Waals surface area contributed by atoms with Crippen LogP contribution in [0.15, 0.2) is 23.1 Å². The number of aromatic carboxylic acids is 1. The van der Waals surface area contributed by atoms with E-state index in [0.29, 0.717) is 15.8 Å². The van der Waals surface area contributed by atoms with E-state index in [9.17, 15) is 9.90 Å². The second-order valence-corrected chi connectivity index (χ2v) is 6.74. The molecule has 0 radical (unpaired) electrons. The molecule has 2 atom stereocenters. The maximum atomic E-state index is 11.2. The molecule has 98 valence electrons. The number of hydrogen-bond donors (Lipinski definition) is 1. The van der Waals surface area contributed by atoms with Crippen LogP contribution in [0, 0.1) is 5.92 Å². The highest BCUT2D eigenvalue weighted by Crippen LogP contribution is 2.38. The Balaban J connectivity index is 2.15. The summed E-state index contributed by atoms with van der Waals surface area (Å²) in [5, 5.41) is 10.2. The van der Waals surface area contributed by atoms with E-state index in [2.05, 4.69) is 6.92 Å². The number of thioether (sulfide) groups is 1. The third-order valence-corrected chi connectivity index (χ3v) is 4.96. The number of halogens is 1. The average molecular weight is 285 g/mol. The summed E-state index contributed by atoms with van der Waals surface area (Å²) < 4.78 is 0. The van der Waals surface area contributed by atoms with E-state index < -0.39 is 5.97 Å². The Hall–Kier alpha value is -0.670. The lowest BCUT2D eigenvalue weighted by Crippen LogP contribution is -2.15. The lowest BCUT2D eigenvalue weighted by atomic mass is 9.91. The molecule has 0 heterocycles. The van der Waals surface area contributed by atoms with Crippen molar-refractivity contribution in [2.24, 2.45) is 5.92 Å². The monoisotopic (exact) mass is 284 g/mol. The molecule has 2 rings (SSSR count). The molecule has 0 spiro atoms. The molecule has 1 fully saturated rings. The minimum Gasteiger partial charge on any atom is -0.478 e. The van der Waals surface area contributed by atoms with Crippen LogP contribution in [0.3, 0.4) is 0 Å². The van der Waals surface area contributed by atoms with Crippen molar-refractivity contribution in [1.29, 1.82) is 0 Å². The fraction of sp³-hybridized carbons (Fsp3) is 0.500. The van der Waals surface area contributed by atoms with Crippen molar-refractivity contribution in [1.82, 2.24) is 0 Å². The first kappa shape index (κ1) is 13.8. The molecule has 1 aromatic rings. The first-order valence-electron chi connectivity index (χ1n) is 6.25. The number of carbonyl (C=O) groups is 1. The van der Waals surface area contributed by atoms with Gasteiger partial charge in [-0.1, -0.05) is 31.4 Å². The van der Waals surface area contributed by atoms with Crippen LogP contribution in [0.4, 0.5) is 0 Å². The van der Waals surface area contributed by atoms with E-state index in [0.717, 1.165) is 10.8 Å². The van der Waals surface area contributed by atoms with Crippen molar-refractivity contribution in [3.63, 3.8) is 0 Å². The van der Waals surface area contributed by atoms with Crippen LogP contribution < -0.4 is 0 Å². The van der Waals surface area contributed by atoms with Crippen molar-refractivity contribution < 1.29 is 9.90 Å². The average Bonchev–Trinajstić information content (AvgIpc) is 2.31. The number of carboxylic acid groups (broad SMARTS) is 1. The van der Waals surface area contributed by atoms with Crippen molar-refractivity contribution in [2.45, 2.75) is 42.8 Å². The van der Waals surface area contributed by atoms with Gasteiger partial charge in [0, 0.05) is 15.2 Å². The Morgan fingerprint density at radius 2 is 2.22 bits per heavy atom. The van der Waals surface area contributed by atoms with Crippen molar-refractivity contribution in [2.75, 3.05) is 0 Å². The van der Waals surface area contributed by atoms with Gasteiger partial charge in [-0.3, -0.25) is 0 Å². The summed E-state index contributed by atoms with van der Waals surface area (Å²) >= 11 is 7.55. The largest absolute Gasteiger partial charge is 0.478 e. The molecule has 4 heteroatoms. The second-order valence-electron chi connectivity index (χ2n) is 4.96. The summed E-state index contributed by atoms with van der Waals surface area (Å²) in [6.07, 6.45) is 4.89. The van der Waals surface area contributed by atoms with Crippen LogP contribution in [0.1, 0.15) is 43.0 Å². The van der Waals surface area contributed by atoms with Crippen molar-refractivity contribution >= 4 is 29.3 Å². The van der Waals surface area contributed by atoms with E-state index in [1.165, 1.54) is 25.7 Å². The fourth-order valence-corrected chi connectivity index (χ4v) is 4.10. The lowest BCUT2D eigenvalue weighted by Gasteiger charge is -2.26. The van der Waals surface area contributed by atoms with E-state index in [-0.39, 0.29) is 0 Å². The van der Waals surface area contributed by atoms with Crippen molar-refractivity contribution in [3.05, 3.63) is 28.8 Å². The van der Waals surface area contributed by atoms with Gasteiger partial charge in [-0.05, 0) is 37.0 Å². The molecule has 0 amide bonds. The van der Waals surface area contributed by atoms with Crippen LogP contribution in [-0.2, 0) is 0 Å². The third kappa shape index (κ3) is 3.42. The number of rotatable bonds is 3. The first-order chi connectivity index (χ1) is 8.56. The van der Waals surface area contributed by atoms with E-state index >= 15 is 0 Å². The maximum Gasteiger partial charge on any atom is 0.336 e. The minimum absolute atomic E-state index is 0.325. The zero-order chi connectivity index (χ0) is 13.1. The molecule has 2 unspecified atom stereocenters. The highest BCUT2D eigenvalue weighted by molar-refractivity contribution is 8.00. The van der Waals surface area contributed by atoms with Gasteiger partial charge < -0.3 is 5.11 Å². The third-order valence-electron chi connectivity index (χ3n) is 3.35. The fourth-order valence-electron chi connectivity index (χ4n) is 2.44. The number of carboxylic acids is 1. The smallest absolute Gasteiger partial charge is 0.336 e. The minimum atomic E-state index is -0.899. The molecule has 0 aromatic heterocycles. The predicted molar refractivity (Wildman–Crippen MR) is 75.7 cm³/mol. The van der Waals surface area contributed by atoms with Gasteiger partial charge in [-0.25, -0.2) is 4.79 Å². The van der Waals surface area contributed by atoms with Gasteiger partial charge in [0.25, 0.3) is 0 Å². The van der Waals surface area contributed by atoms with Gasteiger partial charge >= 0.3 is 5.97 Å². The topological polar surface area (TPSA) is 37.3 Å². The normalized spacial score (nSPS) is 23.9. The molecule has 1 aliphatic rings. The number of hydrogen-bond acceptors (Lipinski definition) is 2. The molecule has 0 bridgehead atoms. The molecule has 1 aromatic carbocycles. The molecule has 1 aliphatic carbocycles. The molecule has 1 N–H and O–H groups in total. The predicted octanol–water partition coefficient (Wildman–Crippen LogP) is 4.71. The van der Waals surface area contributed by atoms with Crippen molar-refractivity contribution in [3.8, 4) is 0 Å². The van der Waals surface area contributed by atoms with Gasteiger partial charge in [0.15, 0.2) is 0 Å². The van der Waals surface area contributed by atoms with Gasteiger partial charge in [0.05, 0.1) is 5.56 Å². The molecule has 18 heavy (non-hydrogen) atoms. The molecular weight excluding hydrogens is 268 g/mol. The molecule has 0 saturated heterocycles. The Bertz CT molecular complexity index is 447. The van der Waals surface area contributed by atoms with Gasteiger partial charge in [-0.15, -0.1) is 11.8 Å². The van der Waals surface area contributed by atoms with Crippen LogP contribution >= 0.6 is 23.4 Å². The Kier molecular flexibility index (Phi) is 4.57. The Morgan fingerprint density at radius 3 is 2.89 bits per heavy atom. The summed E-state index contributed by atoms with van der Waals surface area (Å²) in [5.41, 5.74) is 0.325. The Morgan fingerprint density at radius 1 is 1.44 bits per heavy atom. The van der Waals surface area contributed by atoms with E-state index in [1.807, 2.05) is 6.07 Å². The van der Waals surface area contributed by atoms with Gasteiger partial charge in [0.2, 0.25) is 0 Å². The van der Waals surface area contributed by atoms with Crippen LogP contribution in [0.5, 0.6) is 0 Å². The van der Waals surface area contributed by atoms with Gasteiger partial charge in [0.1, 0.15) is 0 Å². The summed E-state index contributed by atoms with van der Waals surface area (Å²) in [7, 11) is 0. The quantitative estimate of drug-likeness (QED) is 0.873. The lowest BCUT2D eigenvalue weighted by molar-refractivity contribution is 0.0693. The summed E-state index contributed by atoms with van der Waals surface area (Å²) in [4.78, 5) is 12.0. The Labute approximate surface area is 117 Å². The SMILES string of the molecule is CC1CCCC(Sc2ccc(Cl)cc2C(=O)O)C1. The summed E-state index contributed by atoms with van der Waals surface area (Å²) in [5.74, 6) is -0.152. The van der Waals surface area contributed by atoms with E-state index in [4.69, 9.17) is 11.6 Å². The van der Waals surface area contributed by atoms with Crippen LogP contribution in [-0.4, -0.2) is 16.3 Å². The van der Waals surface area contributed by atoms with Gasteiger partial charge in [-0.2, -0.15) is 0 Å². The molecule has 1 saturated carbocycles. The molecule has 0 aliphatic heterocycles. The van der Waals surface area contributed by atoms with E-state index in [1.54, 1.807) is 23.9 Å². The summed E-state index contributed by atoms with van der Waals surface area (Å²) in [6, 6.07) is 5.14. The zero-order valence-electron chi connectivity index (χ0n) is 10.4. The molecule has 2 nitrogen and oxygen atoms in total. The van der Waals surface area contributed by atoms with Crippen LogP contribution in [0.2, 0.25) is 5.02 Å². The highest BCUT2D eigenvalue weighted by atomic mass is 35.5. The first-order valence-corrected chi connectivity index (χ1v) is 7.51. The molecular formula is C14H17ClO2S. The zero-order valence-corrected chi connectivity index (χ0v) is 11.9. The second kappa shape index (κ2) is 5.98. The van der Waals surface area contributed by atoms with Crippen LogP contribution in [0.25, 0.3) is 0 Å². The highest BCUT2D eigenvalue weighted by Gasteiger charge is 2.22. The summed E-state index contributed by atoms with van der Waals surface area (Å²) in [6.45, 7) is 2.27. The number of benzene rings is 1.